The molecule has 18 heavy (non-hydrogen) atoms. The molecule has 1 aromatic rings. The summed E-state index contributed by atoms with van der Waals surface area (Å²) in [5.41, 5.74) is 5.54. The van der Waals surface area contributed by atoms with Gasteiger partial charge in [-0.1, -0.05) is 12.1 Å². The first-order chi connectivity index (χ1) is 8.49. The Morgan fingerprint density at radius 1 is 1.17 bits per heavy atom. The standard InChI is InChI=1S/C16H25NO/c1-10-8-12(3)15(9-11(10)2)13(4)17-16-6-7-18-14(16)5/h8-9,13-14,16-17H,6-7H2,1-5H3. The van der Waals surface area contributed by atoms with Gasteiger partial charge in [-0.05, 0) is 63.3 Å². The van der Waals surface area contributed by atoms with E-state index in [9.17, 15) is 0 Å². The van der Waals surface area contributed by atoms with E-state index in [1.807, 2.05) is 0 Å². The van der Waals surface area contributed by atoms with Gasteiger partial charge in [0.1, 0.15) is 0 Å². The number of rotatable bonds is 3. The highest BCUT2D eigenvalue weighted by Crippen LogP contribution is 2.24. The molecule has 1 aromatic carbocycles. The van der Waals surface area contributed by atoms with Crippen LogP contribution < -0.4 is 5.32 Å². The minimum Gasteiger partial charge on any atom is -0.377 e. The van der Waals surface area contributed by atoms with Gasteiger partial charge in [-0.2, -0.15) is 0 Å². The molecule has 1 aliphatic heterocycles. The van der Waals surface area contributed by atoms with Crippen LogP contribution in [0.2, 0.25) is 0 Å². The van der Waals surface area contributed by atoms with Crippen molar-refractivity contribution in [3.63, 3.8) is 0 Å². The summed E-state index contributed by atoms with van der Waals surface area (Å²) in [5, 5.41) is 3.71. The Kier molecular flexibility index (Phi) is 4.08. The summed E-state index contributed by atoms with van der Waals surface area (Å²) in [7, 11) is 0. The first-order valence-corrected chi connectivity index (χ1v) is 6.94. The number of nitrogens with one attached hydrogen (secondary N) is 1. The zero-order chi connectivity index (χ0) is 13.3. The molecule has 0 aliphatic carbocycles. The quantitative estimate of drug-likeness (QED) is 0.883. The van der Waals surface area contributed by atoms with Gasteiger partial charge in [-0.3, -0.25) is 0 Å². The molecule has 2 nitrogen and oxygen atoms in total. The van der Waals surface area contributed by atoms with Gasteiger partial charge in [0.25, 0.3) is 0 Å². The lowest BCUT2D eigenvalue weighted by Gasteiger charge is -2.24. The van der Waals surface area contributed by atoms with Crippen molar-refractivity contribution in [1.29, 1.82) is 0 Å². The largest absolute Gasteiger partial charge is 0.377 e. The van der Waals surface area contributed by atoms with Crippen molar-refractivity contribution in [2.75, 3.05) is 6.61 Å². The Hall–Kier alpha value is -0.860. The van der Waals surface area contributed by atoms with Crippen molar-refractivity contribution in [1.82, 2.24) is 5.32 Å². The van der Waals surface area contributed by atoms with Crippen LogP contribution >= 0.6 is 0 Å². The molecule has 1 N–H and O–H groups in total. The first kappa shape index (κ1) is 13.6. The predicted molar refractivity (Wildman–Crippen MR) is 76.0 cm³/mol. The summed E-state index contributed by atoms with van der Waals surface area (Å²) in [6.45, 7) is 11.9. The molecule has 0 bridgehead atoms. The van der Waals surface area contributed by atoms with E-state index in [4.69, 9.17) is 4.74 Å². The Morgan fingerprint density at radius 2 is 1.83 bits per heavy atom. The molecular weight excluding hydrogens is 222 g/mol. The number of benzene rings is 1. The fourth-order valence-corrected chi connectivity index (χ4v) is 2.81. The van der Waals surface area contributed by atoms with Gasteiger partial charge in [0, 0.05) is 18.7 Å². The van der Waals surface area contributed by atoms with Crippen LogP contribution in [0.25, 0.3) is 0 Å². The summed E-state index contributed by atoms with van der Waals surface area (Å²) >= 11 is 0. The van der Waals surface area contributed by atoms with Crippen molar-refractivity contribution in [2.45, 2.75) is 59.2 Å². The number of hydrogen-bond donors (Lipinski definition) is 1. The Morgan fingerprint density at radius 3 is 2.44 bits per heavy atom. The van der Waals surface area contributed by atoms with Crippen LogP contribution in [0.1, 0.15) is 48.6 Å². The third-order valence-corrected chi connectivity index (χ3v) is 4.19. The fraction of sp³-hybridized carbons (Fsp3) is 0.625. The highest BCUT2D eigenvalue weighted by atomic mass is 16.5. The van der Waals surface area contributed by atoms with Gasteiger partial charge >= 0.3 is 0 Å². The van der Waals surface area contributed by atoms with Crippen LogP contribution in [0.4, 0.5) is 0 Å². The van der Waals surface area contributed by atoms with Crippen LogP contribution in [0.5, 0.6) is 0 Å². The average molecular weight is 247 g/mol. The van der Waals surface area contributed by atoms with E-state index in [0.29, 0.717) is 18.2 Å². The van der Waals surface area contributed by atoms with Gasteiger partial charge in [0.05, 0.1) is 6.10 Å². The van der Waals surface area contributed by atoms with Crippen molar-refractivity contribution >= 4 is 0 Å². The molecule has 0 amide bonds. The van der Waals surface area contributed by atoms with Crippen molar-refractivity contribution in [3.05, 3.63) is 34.4 Å². The molecule has 3 atom stereocenters. The monoisotopic (exact) mass is 247 g/mol. The van der Waals surface area contributed by atoms with E-state index in [2.05, 4.69) is 52.1 Å². The Bertz CT molecular complexity index is 427. The molecule has 1 heterocycles. The maximum Gasteiger partial charge on any atom is 0.0700 e. The van der Waals surface area contributed by atoms with Gasteiger partial charge in [0.2, 0.25) is 0 Å². The van der Waals surface area contributed by atoms with E-state index in [1.165, 1.54) is 22.3 Å². The Labute approximate surface area is 111 Å². The van der Waals surface area contributed by atoms with Crippen LogP contribution in [0.15, 0.2) is 12.1 Å². The van der Waals surface area contributed by atoms with Gasteiger partial charge in [0.15, 0.2) is 0 Å². The van der Waals surface area contributed by atoms with Gasteiger partial charge < -0.3 is 10.1 Å². The first-order valence-electron chi connectivity index (χ1n) is 6.94. The van der Waals surface area contributed by atoms with Gasteiger partial charge in [-0.15, -0.1) is 0 Å². The molecule has 0 radical (unpaired) electrons. The molecule has 2 rings (SSSR count). The van der Waals surface area contributed by atoms with E-state index in [1.54, 1.807) is 0 Å². The van der Waals surface area contributed by atoms with Crippen LogP contribution in [-0.4, -0.2) is 18.8 Å². The topological polar surface area (TPSA) is 21.3 Å². The minimum absolute atomic E-state index is 0.333. The second-order valence-corrected chi connectivity index (χ2v) is 5.65. The average Bonchev–Trinajstić information content (AvgIpc) is 2.69. The maximum absolute atomic E-state index is 5.61. The zero-order valence-corrected chi connectivity index (χ0v) is 12.2. The SMILES string of the molecule is Cc1cc(C)c(C(C)NC2CCOC2C)cc1C. The molecule has 100 valence electrons. The molecule has 0 aromatic heterocycles. The molecule has 1 fully saturated rings. The van der Waals surface area contributed by atoms with E-state index >= 15 is 0 Å². The number of hydrogen-bond acceptors (Lipinski definition) is 2. The summed E-state index contributed by atoms with van der Waals surface area (Å²) in [4.78, 5) is 0. The highest BCUT2D eigenvalue weighted by Gasteiger charge is 2.25. The summed E-state index contributed by atoms with van der Waals surface area (Å²) < 4.78 is 5.61. The lowest BCUT2D eigenvalue weighted by Crippen LogP contribution is -2.36. The maximum atomic E-state index is 5.61. The van der Waals surface area contributed by atoms with Crippen molar-refractivity contribution in [2.24, 2.45) is 0 Å². The minimum atomic E-state index is 0.333. The van der Waals surface area contributed by atoms with Crippen LogP contribution in [0.3, 0.4) is 0 Å². The second kappa shape index (κ2) is 5.41. The number of aryl methyl sites for hydroxylation is 3. The second-order valence-electron chi connectivity index (χ2n) is 5.65. The van der Waals surface area contributed by atoms with Crippen LogP contribution in [0, 0.1) is 20.8 Å². The summed E-state index contributed by atoms with van der Waals surface area (Å²) in [6, 6.07) is 5.49. The fourth-order valence-electron chi connectivity index (χ4n) is 2.81. The molecule has 1 saturated heterocycles. The zero-order valence-electron chi connectivity index (χ0n) is 12.2. The van der Waals surface area contributed by atoms with E-state index in [-0.39, 0.29) is 0 Å². The highest BCUT2D eigenvalue weighted by molar-refractivity contribution is 5.38. The van der Waals surface area contributed by atoms with Gasteiger partial charge in [-0.25, -0.2) is 0 Å². The Balaban J connectivity index is 2.13. The number of ether oxygens (including phenoxy) is 1. The molecule has 1 aliphatic rings. The third kappa shape index (κ3) is 2.76. The molecular formula is C16H25NO. The normalized spacial score (nSPS) is 25.4. The van der Waals surface area contributed by atoms with Crippen molar-refractivity contribution in [3.8, 4) is 0 Å². The molecule has 3 unspecified atom stereocenters. The van der Waals surface area contributed by atoms with E-state index < -0.39 is 0 Å². The lowest BCUT2D eigenvalue weighted by molar-refractivity contribution is 0.111. The molecule has 0 saturated carbocycles. The van der Waals surface area contributed by atoms with Crippen LogP contribution in [-0.2, 0) is 4.74 Å². The van der Waals surface area contributed by atoms with E-state index in [0.717, 1.165) is 13.0 Å². The lowest BCUT2D eigenvalue weighted by atomic mass is 9.95. The summed E-state index contributed by atoms with van der Waals surface area (Å²) in [6.07, 6.45) is 1.45. The molecule has 2 heteroatoms. The summed E-state index contributed by atoms with van der Waals surface area (Å²) in [5.74, 6) is 0. The third-order valence-electron chi connectivity index (χ3n) is 4.19. The molecule has 0 spiro atoms. The predicted octanol–water partition coefficient (Wildman–Crippen LogP) is 3.44. The smallest absolute Gasteiger partial charge is 0.0700 e. The van der Waals surface area contributed by atoms with Crippen molar-refractivity contribution < 1.29 is 4.74 Å².